The number of aliphatic hydroxyl groups is 1. The molecule has 2 rings (SSSR count). The first-order valence-corrected chi connectivity index (χ1v) is 7.56. The third-order valence-corrected chi connectivity index (χ3v) is 4.40. The lowest BCUT2D eigenvalue weighted by Gasteiger charge is -2.23. The SMILES string of the molecule is O=C(O)C(O)c1ccc(OC2CCCSC2)c(Cl)c1. The van der Waals surface area contributed by atoms with E-state index in [1.807, 2.05) is 11.8 Å². The minimum atomic E-state index is -1.56. The summed E-state index contributed by atoms with van der Waals surface area (Å²) in [6, 6.07) is 4.57. The Labute approximate surface area is 120 Å². The Bertz CT molecular complexity index is 460. The number of hydrogen-bond acceptors (Lipinski definition) is 4. The van der Waals surface area contributed by atoms with Crippen LogP contribution < -0.4 is 4.74 Å². The fourth-order valence-electron chi connectivity index (χ4n) is 1.91. The van der Waals surface area contributed by atoms with Gasteiger partial charge in [-0.25, -0.2) is 4.79 Å². The predicted octanol–water partition coefficient (Wildman–Crippen LogP) is 2.73. The number of halogens is 1. The van der Waals surface area contributed by atoms with Crippen molar-refractivity contribution in [2.75, 3.05) is 11.5 Å². The molecule has 1 aromatic rings. The van der Waals surface area contributed by atoms with Gasteiger partial charge in [-0.3, -0.25) is 0 Å². The summed E-state index contributed by atoms with van der Waals surface area (Å²) in [4.78, 5) is 10.7. The smallest absolute Gasteiger partial charge is 0.337 e. The molecule has 0 aliphatic carbocycles. The predicted molar refractivity (Wildman–Crippen MR) is 75.0 cm³/mol. The van der Waals surface area contributed by atoms with Crippen LogP contribution in [0.25, 0.3) is 0 Å². The normalized spacial score (nSPS) is 20.8. The summed E-state index contributed by atoms with van der Waals surface area (Å²) in [7, 11) is 0. The van der Waals surface area contributed by atoms with E-state index in [2.05, 4.69) is 0 Å². The van der Waals surface area contributed by atoms with Crippen LogP contribution in [0.2, 0.25) is 5.02 Å². The van der Waals surface area contributed by atoms with E-state index in [4.69, 9.17) is 21.4 Å². The van der Waals surface area contributed by atoms with E-state index in [1.165, 1.54) is 12.1 Å². The Morgan fingerprint density at radius 3 is 2.89 bits per heavy atom. The lowest BCUT2D eigenvalue weighted by molar-refractivity contribution is -0.146. The van der Waals surface area contributed by atoms with Crippen LogP contribution in [-0.2, 0) is 4.79 Å². The van der Waals surface area contributed by atoms with Gasteiger partial charge < -0.3 is 14.9 Å². The molecular weight excluding hydrogens is 288 g/mol. The highest BCUT2D eigenvalue weighted by Gasteiger charge is 2.19. The van der Waals surface area contributed by atoms with E-state index in [9.17, 15) is 9.90 Å². The summed E-state index contributed by atoms with van der Waals surface area (Å²) in [5.41, 5.74) is 0.253. The zero-order valence-electron chi connectivity index (χ0n) is 10.2. The summed E-state index contributed by atoms with van der Waals surface area (Å²) in [5.74, 6) is 1.34. The highest BCUT2D eigenvalue weighted by Crippen LogP contribution is 2.31. The molecule has 4 nitrogen and oxygen atoms in total. The van der Waals surface area contributed by atoms with Gasteiger partial charge in [0, 0.05) is 5.75 Å². The molecule has 1 aromatic carbocycles. The van der Waals surface area contributed by atoms with E-state index in [-0.39, 0.29) is 11.7 Å². The number of carbonyl (C=O) groups is 1. The summed E-state index contributed by atoms with van der Waals surface area (Å²) in [5, 5.41) is 18.5. The molecule has 1 fully saturated rings. The van der Waals surface area contributed by atoms with E-state index < -0.39 is 12.1 Å². The van der Waals surface area contributed by atoms with Gasteiger partial charge in [0.05, 0.1) is 5.02 Å². The Hall–Kier alpha value is -0.910. The average molecular weight is 303 g/mol. The zero-order chi connectivity index (χ0) is 13.8. The summed E-state index contributed by atoms with van der Waals surface area (Å²) >= 11 is 7.92. The van der Waals surface area contributed by atoms with Crippen LogP contribution >= 0.6 is 23.4 Å². The number of aliphatic hydroxyl groups excluding tert-OH is 1. The van der Waals surface area contributed by atoms with E-state index >= 15 is 0 Å². The van der Waals surface area contributed by atoms with Crippen LogP contribution in [0, 0.1) is 0 Å². The largest absolute Gasteiger partial charge is 0.488 e. The third kappa shape index (κ3) is 3.78. The average Bonchev–Trinajstić information content (AvgIpc) is 2.41. The highest BCUT2D eigenvalue weighted by molar-refractivity contribution is 7.99. The van der Waals surface area contributed by atoms with E-state index in [1.54, 1.807) is 6.07 Å². The number of thioether (sulfide) groups is 1. The minimum Gasteiger partial charge on any atom is -0.488 e. The molecule has 6 heteroatoms. The summed E-state index contributed by atoms with van der Waals surface area (Å²) in [6.45, 7) is 0. The molecule has 0 bridgehead atoms. The second-order valence-corrected chi connectivity index (χ2v) is 5.94. The number of ether oxygens (including phenoxy) is 1. The summed E-state index contributed by atoms with van der Waals surface area (Å²) < 4.78 is 5.80. The Balaban J connectivity index is 2.08. The van der Waals surface area contributed by atoms with Crippen molar-refractivity contribution in [2.24, 2.45) is 0 Å². The molecule has 1 saturated heterocycles. The maximum atomic E-state index is 10.7. The zero-order valence-corrected chi connectivity index (χ0v) is 11.8. The molecule has 1 aliphatic rings. The van der Waals surface area contributed by atoms with Gasteiger partial charge in [0.1, 0.15) is 11.9 Å². The van der Waals surface area contributed by atoms with Gasteiger partial charge in [0.2, 0.25) is 0 Å². The molecule has 0 radical (unpaired) electrons. The summed E-state index contributed by atoms with van der Waals surface area (Å²) in [6.07, 6.45) is 0.717. The van der Waals surface area contributed by atoms with Gasteiger partial charge in [-0.05, 0) is 36.3 Å². The first-order valence-electron chi connectivity index (χ1n) is 6.02. The number of benzene rings is 1. The molecule has 0 spiro atoms. The molecule has 0 saturated carbocycles. The molecule has 2 N–H and O–H groups in total. The van der Waals surface area contributed by atoms with Crippen LogP contribution in [0.3, 0.4) is 0 Å². The molecule has 104 valence electrons. The number of carboxylic acids is 1. The van der Waals surface area contributed by atoms with Crippen LogP contribution in [0.1, 0.15) is 24.5 Å². The first-order chi connectivity index (χ1) is 9.08. The van der Waals surface area contributed by atoms with E-state index in [0.29, 0.717) is 10.8 Å². The van der Waals surface area contributed by atoms with Crippen molar-refractivity contribution < 1.29 is 19.7 Å². The Kier molecular flexibility index (Phi) is 4.96. The van der Waals surface area contributed by atoms with Crippen molar-refractivity contribution in [1.82, 2.24) is 0 Å². The molecule has 1 aliphatic heterocycles. The first kappa shape index (κ1) is 14.5. The van der Waals surface area contributed by atoms with Crippen molar-refractivity contribution >= 4 is 29.3 Å². The maximum Gasteiger partial charge on any atom is 0.337 e. The highest BCUT2D eigenvalue weighted by atomic mass is 35.5. The number of rotatable bonds is 4. The van der Waals surface area contributed by atoms with Gasteiger partial charge in [0.15, 0.2) is 6.10 Å². The molecule has 0 amide bonds. The second-order valence-electron chi connectivity index (χ2n) is 4.39. The second kappa shape index (κ2) is 6.50. The number of hydrogen-bond donors (Lipinski definition) is 2. The van der Waals surface area contributed by atoms with Crippen LogP contribution in [0.15, 0.2) is 18.2 Å². The topological polar surface area (TPSA) is 66.8 Å². The van der Waals surface area contributed by atoms with Crippen LogP contribution in [-0.4, -0.2) is 33.8 Å². The van der Waals surface area contributed by atoms with E-state index in [0.717, 1.165) is 24.3 Å². The van der Waals surface area contributed by atoms with Gasteiger partial charge >= 0.3 is 5.97 Å². The third-order valence-electron chi connectivity index (χ3n) is 2.92. The fourth-order valence-corrected chi connectivity index (χ4v) is 3.18. The Morgan fingerprint density at radius 1 is 1.53 bits per heavy atom. The maximum absolute atomic E-state index is 10.7. The standard InChI is InChI=1S/C13H15ClO4S/c14-10-6-8(12(15)13(16)17)3-4-11(10)18-9-2-1-5-19-7-9/h3-4,6,9,12,15H,1-2,5,7H2,(H,16,17). The molecule has 0 aromatic heterocycles. The molecular formula is C13H15ClO4S. The minimum absolute atomic E-state index is 0.145. The van der Waals surface area contributed by atoms with Crippen molar-refractivity contribution in [3.05, 3.63) is 28.8 Å². The van der Waals surface area contributed by atoms with Crippen molar-refractivity contribution in [3.63, 3.8) is 0 Å². The van der Waals surface area contributed by atoms with Crippen LogP contribution in [0.4, 0.5) is 0 Å². The van der Waals surface area contributed by atoms with Gasteiger partial charge in [-0.15, -0.1) is 0 Å². The van der Waals surface area contributed by atoms with Gasteiger partial charge in [0.25, 0.3) is 0 Å². The molecule has 1 heterocycles. The van der Waals surface area contributed by atoms with Crippen molar-refractivity contribution in [3.8, 4) is 5.75 Å². The molecule has 19 heavy (non-hydrogen) atoms. The van der Waals surface area contributed by atoms with Crippen LogP contribution in [0.5, 0.6) is 5.75 Å². The Morgan fingerprint density at radius 2 is 2.32 bits per heavy atom. The van der Waals surface area contributed by atoms with Gasteiger partial charge in [-0.2, -0.15) is 11.8 Å². The fraction of sp³-hybridized carbons (Fsp3) is 0.462. The molecule has 2 atom stereocenters. The molecule has 2 unspecified atom stereocenters. The lowest BCUT2D eigenvalue weighted by Crippen LogP contribution is -2.23. The lowest BCUT2D eigenvalue weighted by atomic mass is 10.1. The quantitative estimate of drug-likeness (QED) is 0.895. The number of carboxylic acid groups (broad SMARTS) is 1. The number of aliphatic carboxylic acids is 1. The van der Waals surface area contributed by atoms with Crippen molar-refractivity contribution in [2.45, 2.75) is 25.0 Å². The van der Waals surface area contributed by atoms with Gasteiger partial charge in [-0.1, -0.05) is 17.7 Å². The monoisotopic (exact) mass is 302 g/mol. The van der Waals surface area contributed by atoms with Crippen molar-refractivity contribution in [1.29, 1.82) is 0 Å².